The minimum atomic E-state index is -0.0953. The molecule has 0 spiro atoms. The molecule has 2 rings (SSSR count). The lowest BCUT2D eigenvalue weighted by Crippen LogP contribution is -2.36. The minimum absolute atomic E-state index is 0.0953. The van der Waals surface area contributed by atoms with Gasteiger partial charge in [0.25, 0.3) is 0 Å². The van der Waals surface area contributed by atoms with Crippen LogP contribution in [0.2, 0.25) is 0 Å². The van der Waals surface area contributed by atoms with E-state index in [2.05, 4.69) is 20.9 Å². The molecule has 4 heteroatoms. The molecule has 106 valence electrons. The van der Waals surface area contributed by atoms with E-state index in [1.807, 2.05) is 24.5 Å². The van der Waals surface area contributed by atoms with Gasteiger partial charge < -0.3 is 0 Å². The predicted octanol–water partition coefficient (Wildman–Crippen LogP) is 3.60. The number of aromatic nitrogens is 2. The molecule has 19 heavy (non-hydrogen) atoms. The zero-order chi connectivity index (χ0) is 13.9. The highest BCUT2D eigenvalue weighted by molar-refractivity contribution is 9.09. The number of hydrogen-bond donors (Lipinski definition) is 0. The third-order valence-corrected chi connectivity index (χ3v) is 5.48. The average molecular weight is 327 g/mol. The monoisotopic (exact) mass is 326 g/mol. The first kappa shape index (κ1) is 14.8. The van der Waals surface area contributed by atoms with Gasteiger partial charge in [-0.2, -0.15) is 4.98 Å². The van der Waals surface area contributed by atoms with Crippen molar-refractivity contribution in [2.24, 2.45) is 5.41 Å². The minimum Gasteiger partial charge on any atom is -0.296 e. The van der Waals surface area contributed by atoms with Crippen LogP contribution in [0.3, 0.4) is 0 Å². The zero-order valence-electron chi connectivity index (χ0n) is 11.9. The van der Waals surface area contributed by atoms with E-state index in [0.29, 0.717) is 0 Å². The highest BCUT2D eigenvalue weighted by Crippen LogP contribution is 2.38. The Hall–Kier alpha value is -0.640. The summed E-state index contributed by atoms with van der Waals surface area (Å²) < 4.78 is 1.86. The van der Waals surface area contributed by atoms with Gasteiger partial charge in [-0.25, -0.2) is 4.79 Å². The van der Waals surface area contributed by atoms with Crippen LogP contribution in [0.5, 0.6) is 0 Å². The van der Waals surface area contributed by atoms with E-state index >= 15 is 0 Å². The first-order valence-electron chi connectivity index (χ1n) is 7.17. The Morgan fingerprint density at radius 1 is 1.26 bits per heavy atom. The Morgan fingerprint density at radius 2 is 1.89 bits per heavy atom. The van der Waals surface area contributed by atoms with Gasteiger partial charge >= 0.3 is 5.69 Å². The third kappa shape index (κ3) is 3.47. The standard InChI is InChI=1S/C15H23BrN2O/c1-12-9-13(2)18(14(19)17-12)11-15(10-16)7-5-3-4-6-8-15/h9H,3-8,10-11H2,1-2H3. The molecule has 1 fully saturated rings. The smallest absolute Gasteiger partial charge is 0.296 e. The van der Waals surface area contributed by atoms with Gasteiger partial charge in [0.15, 0.2) is 0 Å². The van der Waals surface area contributed by atoms with Crippen molar-refractivity contribution in [2.45, 2.75) is 58.9 Å². The van der Waals surface area contributed by atoms with Crippen molar-refractivity contribution in [1.29, 1.82) is 0 Å². The molecule has 0 saturated heterocycles. The fourth-order valence-electron chi connectivity index (χ4n) is 3.11. The zero-order valence-corrected chi connectivity index (χ0v) is 13.5. The summed E-state index contributed by atoms with van der Waals surface area (Å²) in [5.41, 5.74) is 1.97. The molecule has 0 bridgehead atoms. The Balaban J connectivity index is 2.29. The van der Waals surface area contributed by atoms with Crippen LogP contribution in [-0.4, -0.2) is 14.9 Å². The second-order valence-corrected chi connectivity index (χ2v) is 6.52. The lowest BCUT2D eigenvalue weighted by molar-refractivity contribution is 0.236. The second-order valence-electron chi connectivity index (χ2n) is 5.96. The lowest BCUT2D eigenvalue weighted by Gasteiger charge is -2.32. The highest BCUT2D eigenvalue weighted by atomic mass is 79.9. The SMILES string of the molecule is Cc1cc(C)n(CC2(CBr)CCCCCC2)c(=O)n1. The van der Waals surface area contributed by atoms with Gasteiger partial charge in [0, 0.05) is 23.3 Å². The third-order valence-electron chi connectivity index (χ3n) is 4.29. The molecule has 0 atom stereocenters. The Morgan fingerprint density at radius 3 is 2.42 bits per heavy atom. The van der Waals surface area contributed by atoms with Crippen LogP contribution in [0.25, 0.3) is 0 Å². The Kier molecular flexibility index (Phi) is 4.82. The summed E-state index contributed by atoms with van der Waals surface area (Å²) in [7, 11) is 0. The van der Waals surface area contributed by atoms with Crippen LogP contribution >= 0.6 is 15.9 Å². The van der Waals surface area contributed by atoms with E-state index in [-0.39, 0.29) is 11.1 Å². The second kappa shape index (κ2) is 6.21. The van der Waals surface area contributed by atoms with Gasteiger partial charge in [-0.15, -0.1) is 0 Å². The van der Waals surface area contributed by atoms with Crippen LogP contribution < -0.4 is 5.69 Å². The van der Waals surface area contributed by atoms with E-state index in [1.165, 1.54) is 38.5 Å². The van der Waals surface area contributed by atoms with Crippen LogP contribution in [-0.2, 0) is 6.54 Å². The maximum Gasteiger partial charge on any atom is 0.347 e. The van der Waals surface area contributed by atoms with E-state index in [1.54, 1.807) is 0 Å². The van der Waals surface area contributed by atoms with Crippen molar-refractivity contribution < 1.29 is 0 Å². The summed E-state index contributed by atoms with van der Waals surface area (Å²) in [6, 6.07) is 2.00. The quantitative estimate of drug-likeness (QED) is 0.628. The topological polar surface area (TPSA) is 34.9 Å². The summed E-state index contributed by atoms with van der Waals surface area (Å²) in [5, 5.41) is 0.972. The molecular formula is C15H23BrN2O. The number of rotatable bonds is 3. The summed E-state index contributed by atoms with van der Waals surface area (Å²) >= 11 is 3.69. The number of halogens is 1. The molecule has 0 amide bonds. The summed E-state index contributed by atoms with van der Waals surface area (Å²) in [4.78, 5) is 16.2. The van der Waals surface area contributed by atoms with Gasteiger partial charge in [-0.05, 0) is 38.2 Å². The van der Waals surface area contributed by atoms with Crippen molar-refractivity contribution in [3.05, 3.63) is 27.9 Å². The molecule has 0 unspecified atom stereocenters. The number of hydrogen-bond acceptors (Lipinski definition) is 2. The van der Waals surface area contributed by atoms with Crippen molar-refractivity contribution in [3.63, 3.8) is 0 Å². The maximum absolute atomic E-state index is 12.1. The molecule has 1 aliphatic rings. The number of nitrogens with zero attached hydrogens (tertiary/aromatic N) is 2. The van der Waals surface area contributed by atoms with Gasteiger partial charge in [0.1, 0.15) is 0 Å². The van der Waals surface area contributed by atoms with Crippen LogP contribution in [0.4, 0.5) is 0 Å². The molecule has 1 aliphatic carbocycles. The predicted molar refractivity (Wildman–Crippen MR) is 81.9 cm³/mol. The lowest BCUT2D eigenvalue weighted by atomic mass is 9.82. The fraction of sp³-hybridized carbons (Fsp3) is 0.733. The van der Waals surface area contributed by atoms with Gasteiger partial charge in [0.05, 0.1) is 0 Å². The van der Waals surface area contributed by atoms with E-state index in [9.17, 15) is 4.79 Å². The largest absolute Gasteiger partial charge is 0.347 e. The van der Waals surface area contributed by atoms with Crippen molar-refractivity contribution in [3.8, 4) is 0 Å². The molecule has 0 N–H and O–H groups in total. The number of alkyl halides is 1. The first-order valence-corrected chi connectivity index (χ1v) is 8.30. The summed E-state index contributed by atoms with van der Waals surface area (Å²) in [6.07, 6.45) is 7.62. The van der Waals surface area contributed by atoms with Gasteiger partial charge in [-0.3, -0.25) is 4.57 Å². The average Bonchev–Trinajstić information content (AvgIpc) is 2.60. The van der Waals surface area contributed by atoms with Crippen LogP contribution in [0.15, 0.2) is 10.9 Å². The summed E-state index contributed by atoms with van der Waals surface area (Å²) in [6.45, 7) is 4.69. The van der Waals surface area contributed by atoms with Crippen LogP contribution in [0, 0.1) is 19.3 Å². The molecule has 1 saturated carbocycles. The molecule has 3 nitrogen and oxygen atoms in total. The fourth-order valence-corrected chi connectivity index (χ4v) is 3.85. The highest BCUT2D eigenvalue weighted by Gasteiger charge is 2.31. The van der Waals surface area contributed by atoms with Crippen molar-refractivity contribution >= 4 is 15.9 Å². The first-order chi connectivity index (χ1) is 9.06. The Bertz CT molecular complexity index is 487. The van der Waals surface area contributed by atoms with Gasteiger partial charge in [-0.1, -0.05) is 41.6 Å². The van der Waals surface area contributed by atoms with E-state index in [0.717, 1.165) is 23.3 Å². The van der Waals surface area contributed by atoms with Crippen molar-refractivity contribution in [1.82, 2.24) is 9.55 Å². The molecular weight excluding hydrogens is 304 g/mol. The van der Waals surface area contributed by atoms with E-state index < -0.39 is 0 Å². The molecule has 1 aromatic rings. The van der Waals surface area contributed by atoms with E-state index in [4.69, 9.17) is 0 Å². The van der Waals surface area contributed by atoms with Crippen LogP contribution in [0.1, 0.15) is 49.9 Å². The summed E-state index contributed by atoms with van der Waals surface area (Å²) in [5.74, 6) is 0. The molecule has 0 aliphatic heterocycles. The molecule has 1 heterocycles. The van der Waals surface area contributed by atoms with Crippen molar-refractivity contribution in [2.75, 3.05) is 5.33 Å². The number of aryl methyl sites for hydroxylation is 2. The maximum atomic E-state index is 12.1. The molecule has 0 aromatic carbocycles. The molecule has 1 aromatic heterocycles. The molecule has 0 radical (unpaired) electrons. The van der Waals surface area contributed by atoms with Gasteiger partial charge in [0.2, 0.25) is 0 Å². The normalized spacial score (nSPS) is 19.1. The Labute approximate surface area is 123 Å².